The summed E-state index contributed by atoms with van der Waals surface area (Å²) in [5, 5.41) is 4.43. The number of nitrogens with one attached hydrogen (secondary N) is 1. The normalized spacial score (nSPS) is 18.4. The van der Waals surface area contributed by atoms with Gasteiger partial charge in [-0.3, -0.25) is 4.79 Å². The highest BCUT2D eigenvalue weighted by Crippen LogP contribution is 2.39. The van der Waals surface area contributed by atoms with Crippen LogP contribution in [0.4, 0.5) is 23.4 Å². The van der Waals surface area contributed by atoms with Crippen LogP contribution in [0.25, 0.3) is 5.69 Å². The van der Waals surface area contributed by atoms with Crippen molar-refractivity contribution in [2.75, 3.05) is 18.1 Å². The van der Waals surface area contributed by atoms with E-state index < -0.39 is 52.6 Å². The van der Waals surface area contributed by atoms with Crippen molar-refractivity contribution in [3.63, 3.8) is 0 Å². The van der Waals surface area contributed by atoms with Crippen LogP contribution in [0, 0.1) is 5.82 Å². The summed E-state index contributed by atoms with van der Waals surface area (Å²) in [4.78, 5) is 13.2. The first-order valence-electron chi connectivity index (χ1n) is 7.84. The summed E-state index contributed by atoms with van der Waals surface area (Å²) in [6, 6.07) is 4.00. The van der Waals surface area contributed by atoms with Crippen molar-refractivity contribution in [3.8, 4) is 5.69 Å². The molecule has 1 amide bonds. The van der Waals surface area contributed by atoms with Gasteiger partial charge < -0.3 is 4.90 Å². The average molecular weight is 418 g/mol. The second-order valence-electron chi connectivity index (χ2n) is 5.98. The van der Waals surface area contributed by atoms with Crippen LogP contribution in [-0.4, -0.2) is 49.3 Å². The molecule has 0 unspecified atom stereocenters. The monoisotopic (exact) mass is 418 g/mol. The maximum atomic E-state index is 13.6. The van der Waals surface area contributed by atoms with Crippen LogP contribution in [0.5, 0.6) is 0 Å². The Kier molecular flexibility index (Phi) is 4.91. The second kappa shape index (κ2) is 6.93. The smallest absolute Gasteiger partial charge is 0.287 e. The summed E-state index contributed by atoms with van der Waals surface area (Å²) in [6.45, 7) is 0.876. The fraction of sp³-hybridized carbons (Fsp3) is 0.250. The quantitative estimate of drug-likeness (QED) is 0.726. The zero-order valence-electron chi connectivity index (χ0n) is 14.1. The number of alkyl halides is 3. The number of benzene rings is 1. The van der Waals surface area contributed by atoms with Gasteiger partial charge in [-0.15, -0.1) is 0 Å². The van der Waals surface area contributed by atoms with E-state index >= 15 is 0 Å². The topological polar surface area (TPSA) is 84.3 Å². The van der Waals surface area contributed by atoms with Crippen LogP contribution in [0.15, 0.2) is 42.3 Å². The summed E-state index contributed by atoms with van der Waals surface area (Å²) in [7, 11) is -4.11. The molecule has 1 N–H and O–H groups in total. The van der Waals surface area contributed by atoms with Gasteiger partial charge in [0, 0.05) is 11.5 Å². The maximum Gasteiger partial charge on any atom is 0.287 e. The SMILES string of the molecule is C=CS(=O)(=O)NC(=O)c1cc(N2CC(F)(F)[C@H]2CF)n(-c2ccc(F)cc2)n1. The third kappa shape index (κ3) is 3.59. The number of amides is 1. The Morgan fingerprint density at radius 3 is 2.54 bits per heavy atom. The Balaban J connectivity index is 2.04. The Bertz CT molecular complexity index is 1020. The molecule has 0 spiro atoms. The van der Waals surface area contributed by atoms with E-state index in [1.54, 1.807) is 4.72 Å². The molecule has 1 aliphatic heterocycles. The summed E-state index contributed by atoms with van der Waals surface area (Å²) in [6.07, 6.45) is 0. The van der Waals surface area contributed by atoms with E-state index in [0.717, 1.165) is 27.8 Å². The predicted octanol–water partition coefficient (Wildman–Crippen LogP) is 2.01. The molecular formula is C16H14F4N4O3S. The minimum absolute atomic E-state index is 0.0682. The van der Waals surface area contributed by atoms with Gasteiger partial charge in [0.25, 0.3) is 21.9 Å². The van der Waals surface area contributed by atoms with Crippen molar-refractivity contribution < 1.29 is 30.8 Å². The lowest BCUT2D eigenvalue weighted by Crippen LogP contribution is -2.66. The van der Waals surface area contributed by atoms with Gasteiger partial charge in [-0.25, -0.2) is 35.4 Å². The van der Waals surface area contributed by atoms with E-state index in [1.165, 1.54) is 12.1 Å². The molecule has 2 aromatic rings. The molecule has 0 saturated carbocycles. The molecule has 3 rings (SSSR count). The van der Waals surface area contributed by atoms with Crippen LogP contribution in [-0.2, 0) is 10.0 Å². The van der Waals surface area contributed by atoms with Gasteiger partial charge in [0.15, 0.2) is 5.69 Å². The van der Waals surface area contributed by atoms with Gasteiger partial charge >= 0.3 is 0 Å². The maximum absolute atomic E-state index is 13.6. The van der Waals surface area contributed by atoms with E-state index in [4.69, 9.17) is 0 Å². The van der Waals surface area contributed by atoms with Gasteiger partial charge in [-0.1, -0.05) is 6.58 Å². The van der Waals surface area contributed by atoms with Crippen molar-refractivity contribution in [2.45, 2.75) is 12.0 Å². The Morgan fingerprint density at radius 2 is 2.00 bits per heavy atom. The first kappa shape index (κ1) is 19.9. The number of hydrogen-bond donors (Lipinski definition) is 1. The van der Waals surface area contributed by atoms with Crippen molar-refractivity contribution >= 4 is 21.7 Å². The molecule has 12 heteroatoms. The largest absolute Gasteiger partial charge is 0.339 e. The molecule has 1 saturated heterocycles. The van der Waals surface area contributed by atoms with Gasteiger partial charge in [0.05, 0.1) is 12.2 Å². The van der Waals surface area contributed by atoms with Gasteiger partial charge in [0.2, 0.25) is 0 Å². The van der Waals surface area contributed by atoms with Crippen LogP contribution < -0.4 is 9.62 Å². The number of carbonyl (C=O) groups is 1. The molecule has 0 aliphatic carbocycles. The van der Waals surface area contributed by atoms with E-state index in [1.807, 2.05) is 0 Å². The van der Waals surface area contributed by atoms with E-state index in [2.05, 4.69) is 11.7 Å². The number of rotatable bonds is 6. The molecule has 0 bridgehead atoms. The fourth-order valence-corrected chi connectivity index (χ4v) is 3.12. The Hall–Kier alpha value is -2.89. The summed E-state index contributed by atoms with van der Waals surface area (Å²) >= 11 is 0. The number of halogens is 4. The molecule has 1 aromatic carbocycles. The van der Waals surface area contributed by atoms with Crippen LogP contribution in [0.2, 0.25) is 0 Å². The molecular weight excluding hydrogens is 404 g/mol. The van der Waals surface area contributed by atoms with Crippen LogP contribution in [0.1, 0.15) is 10.5 Å². The van der Waals surface area contributed by atoms with Crippen LogP contribution >= 0.6 is 0 Å². The highest BCUT2D eigenvalue weighted by molar-refractivity contribution is 7.92. The zero-order valence-corrected chi connectivity index (χ0v) is 15.0. The van der Waals surface area contributed by atoms with Crippen molar-refractivity contribution in [1.29, 1.82) is 0 Å². The molecule has 1 aromatic heterocycles. The summed E-state index contributed by atoms with van der Waals surface area (Å²) in [5.41, 5.74) is -0.215. The minimum Gasteiger partial charge on any atom is -0.339 e. The lowest BCUT2D eigenvalue weighted by Gasteiger charge is -2.47. The predicted molar refractivity (Wildman–Crippen MR) is 92.2 cm³/mol. The standard InChI is InChI=1S/C16H14F4N4O3S/c1-2-28(26,27)22-15(25)12-7-14(23-9-16(19,20)13(23)8-17)24(21-12)11-5-3-10(18)4-6-11/h2-7,13H,1,8-9H2,(H,22,25)/t13-/m1/s1. The lowest BCUT2D eigenvalue weighted by molar-refractivity contribution is -0.0771. The Morgan fingerprint density at radius 1 is 1.36 bits per heavy atom. The van der Waals surface area contributed by atoms with E-state index in [0.29, 0.717) is 5.41 Å². The minimum atomic E-state index is -4.11. The summed E-state index contributed by atoms with van der Waals surface area (Å²) in [5.74, 6) is -5.04. The number of nitrogens with zero attached hydrogens (tertiary/aromatic N) is 3. The van der Waals surface area contributed by atoms with Gasteiger partial charge in [-0.05, 0) is 24.3 Å². The first-order chi connectivity index (χ1) is 13.1. The number of hydrogen-bond acceptors (Lipinski definition) is 5. The molecule has 7 nitrogen and oxygen atoms in total. The lowest BCUT2D eigenvalue weighted by atomic mass is 9.99. The third-order valence-electron chi connectivity index (χ3n) is 4.13. The molecule has 2 heterocycles. The molecule has 1 atom stereocenters. The van der Waals surface area contributed by atoms with Crippen molar-refractivity contribution in [2.24, 2.45) is 0 Å². The molecule has 28 heavy (non-hydrogen) atoms. The highest BCUT2D eigenvalue weighted by Gasteiger charge is 2.56. The number of anilines is 1. The molecule has 1 fully saturated rings. The number of carbonyl (C=O) groups excluding carboxylic acids is 1. The highest BCUT2D eigenvalue weighted by atomic mass is 32.2. The molecule has 150 valence electrons. The fourth-order valence-electron chi connectivity index (χ4n) is 2.68. The van der Waals surface area contributed by atoms with E-state index in [-0.39, 0.29) is 11.5 Å². The number of sulfonamides is 1. The molecule has 0 radical (unpaired) electrons. The van der Waals surface area contributed by atoms with Crippen molar-refractivity contribution in [3.05, 3.63) is 53.8 Å². The number of aromatic nitrogens is 2. The first-order valence-corrected chi connectivity index (χ1v) is 9.38. The second-order valence-corrected chi connectivity index (χ2v) is 7.61. The van der Waals surface area contributed by atoms with Gasteiger partial charge in [0.1, 0.15) is 24.4 Å². The summed E-state index contributed by atoms with van der Waals surface area (Å²) < 4.78 is 79.2. The Labute approximate surface area is 157 Å². The van der Waals surface area contributed by atoms with E-state index in [9.17, 15) is 30.8 Å². The van der Waals surface area contributed by atoms with Gasteiger partial charge in [-0.2, -0.15) is 5.10 Å². The zero-order chi connectivity index (χ0) is 20.7. The average Bonchev–Trinajstić information content (AvgIpc) is 3.05. The van der Waals surface area contributed by atoms with Crippen LogP contribution in [0.3, 0.4) is 0 Å². The van der Waals surface area contributed by atoms with Crippen molar-refractivity contribution in [1.82, 2.24) is 14.5 Å². The third-order valence-corrected chi connectivity index (χ3v) is 5.04. The molecule has 1 aliphatic rings.